The van der Waals surface area contributed by atoms with E-state index in [9.17, 15) is 15.0 Å². The van der Waals surface area contributed by atoms with Crippen LogP contribution in [0.1, 0.15) is 44.2 Å². The van der Waals surface area contributed by atoms with Crippen LogP contribution in [0.2, 0.25) is 0 Å². The van der Waals surface area contributed by atoms with Crippen LogP contribution in [0.25, 0.3) is 0 Å². The summed E-state index contributed by atoms with van der Waals surface area (Å²) in [4.78, 5) is 15.1. The Morgan fingerprint density at radius 3 is 2.92 bits per heavy atom. The summed E-state index contributed by atoms with van der Waals surface area (Å²) in [5.41, 5.74) is 0.369. The maximum Gasteiger partial charge on any atom is 0.174 e. The molecule has 4 atom stereocenters. The highest BCUT2D eigenvalue weighted by molar-refractivity contribution is 5.90. The Bertz CT molecular complexity index is 775. The van der Waals surface area contributed by atoms with Gasteiger partial charge >= 0.3 is 0 Å². The third kappa shape index (κ3) is 1.69. The van der Waals surface area contributed by atoms with Gasteiger partial charge in [0.1, 0.15) is 0 Å². The molecule has 0 amide bonds. The molecule has 134 valence electrons. The molecule has 4 aliphatic rings. The fourth-order valence-corrected chi connectivity index (χ4v) is 6.10. The van der Waals surface area contributed by atoms with Gasteiger partial charge in [-0.25, -0.2) is 0 Å². The van der Waals surface area contributed by atoms with Crippen molar-refractivity contribution >= 4 is 5.78 Å². The zero-order chi connectivity index (χ0) is 17.6. The summed E-state index contributed by atoms with van der Waals surface area (Å²) in [6, 6.07) is 3.62. The van der Waals surface area contributed by atoms with Crippen LogP contribution in [0.3, 0.4) is 0 Å². The molecular formula is C20H25NO4. The Balaban J connectivity index is 1.75. The third-order valence-electron chi connectivity index (χ3n) is 6.97. The van der Waals surface area contributed by atoms with Crippen molar-refractivity contribution in [2.75, 3.05) is 13.1 Å². The summed E-state index contributed by atoms with van der Waals surface area (Å²) in [6.45, 7) is 6.20. The van der Waals surface area contributed by atoms with Crippen LogP contribution in [-0.2, 0) is 16.6 Å². The van der Waals surface area contributed by atoms with Crippen molar-refractivity contribution in [2.45, 2.75) is 62.7 Å². The minimum Gasteiger partial charge on any atom is -0.504 e. The second kappa shape index (κ2) is 4.77. The molecule has 25 heavy (non-hydrogen) atoms. The molecule has 5 nitrogen and oxygen atoms in total. The lowest BCUT2D eigenvalue weighted by Gasteiger charge is -2.62. The Morgan fingerprint density at radius 2 is 2.16 bits per heavy atom. The number of carbonyl (C=O) groups is 1. The molecule has 2 aliphatic heterocycles. The van der Waals surface area contributed by atoms with E-state index in [0.29, 0.717) is 30.9 Å². The van der Waals surface area contributed by atoms with Gasteiger partial charge in [0.05, 0.1) is 11.0 Å². The van der Waals surface area contributed by atoms with Gasteiger partial charge in [-0.15, -0.1) is 0 Å². The zero-order valence-electron chi connectivity index (χ0n) is 14.8. The lowest BCUT2D eigenvalue weighted by Crippen LogP contribution is -2.76. The molecule has 2 heterocycles. The van der Waals surface area contributed by atoms with Crippen LogP contribution in [0.4, 0.5) is 0 Å². The maximum absolute atomic E-state index is 12.7. The van der Waals surface area contributed by atoms with Gasteiger partial charge in [0, 0.05) is 24.6 Å². The number of phenolic OH excluding ortho intramolecular Hbond substituents is 1. The Hall–Kier alpha value is -1.59. The highest BCUT2D eigenvalue weighted by Crippen LogP contribution is 2.64. The average molecular weight is 343 g/mol. The molecule has 1 unspecified atom stereocenters. The first-order chi connectivity index (χ1) is 11.9. The predicted molar refractivity (Wildman–Crippen MR) is 91.9 cm³/mol. The summed E-state index contributed by atoms with van der Waals surface area (Å²) in [7, 11) is 0. The highest BCUT2D eigenvalue weighted by atomic mass is 16.5. The first kappa shape index (κ1) is 15.6. The summed E-state index contributed by atoms with van der Waals surface area (Å²) in [5.74, 6) is 1.10. The molecule has 5 heteroatoms. The van der Waals surface area contributed by atoms with Gasteiger partial charge in [0.25, 0.3) is 0 Å². The second-order valence-corrected chi connectivity index (χ2v) is 8.67. The summed E-state index contributed by atoms with van der Waals surface area (Å²) in [5, 5.41) is 22.3. The molecule has 1 saturated heterocycles. The molecule has 1 aromatic rings. The number of nitrogens with zero attached hydrogens (tertiary/aromatic N) is 1. The Kier molecular flexibility index (Phi) is 2.99. The molecule has 5 rings (SSSR count). The molecule has 1 spiro atoms. The van der Waals surface area contributed by atoms with Crippen molar-refractivity contribution < 1.29 is 19.7 Å². The average Bonchev–Trinajstić information content (AvgIpc) is 2.91. The number of Topliss-reactive ketones (excluding diaryl/α,β-unsaturated/α-hetero) is 1. The van der Waals surface area contributed by atoms with E-state index in [1.807, 2.05) is 6.07 Å². The first-order valence-electron chi connectivity index (χ1n) is 9.39. The lowest BCUT2D eigenvalue weighted by atomic mass is 9.49. The summed E-state index contributed by atoms with van der Waals surface area (Å²) in [6.07, 6.45) is 1.63. The van der Waals surface area contributed by atoms with Crippen molar-refractivity contribution in [2.24, 2.45) is 5.92 Å². The maximum atomic E-state index is 12.7. The van der Waals surface area contributed by atoms with Gasteiger partial charge in [-0.2, -0.15) is 0 Å². The van der Waals surface area contributed by atoms with Crippen molar-refractivity contribution in [3.05, 3.63) is 23.3 Å². The van der Waals surface area contributed by atoms with Gasteiger partial charge in [0.2, 0.25) is 0 Å². The van der Waals surface area contributed by atoms with Crippen molar-refractivity contribution in [3.63, 3.8) is 0 Å². The fourth-order valence-electron chi connectivity index (χ4n) is 6.10. The van der Waals surface area contributed by atoms with Gasteiger partial charge in [-0.3, -0.25) is 9.69 Å². The standard InChI is InChI=1S/C20H25NO4/c1-11(2)10-21-8-7-19-16-12-3-4-13(22)17(16)25-18(19)14(23)5-6-20(19,24)15(21)9-12/h3-4,11,15,18,22,24H,5-10H2,1-2H3/t15-,18+,19+,20?/m1/s1. The molecule has 1 saturated carbocycles. The van der Waals surface area contributed by atoms with Gasteiger partial charge in [-0.1, -0.05) is 19.9 Å². The predicted octanol–water partition coefficient (Wildman–Crippen LogP) is 1.77. The van der Waals surface area contributed by atoms with Crippen LogP contribution in [-0.4, -0.2) is 51.7 Å². The number of aromatic hydroxyl groups is 1. The SMILES string of the molecule is CC(C)CN1CC[C@]23c4c5ccc(O)c4O[C@H]2C(=O)CCC3(O)[C@H]1C5. The molecule has 2 N–H and O–H groups in total. The molecule has 2 aliphatic carbocycles. The number of ether oxygens (including phenoxy) is 1. The van der Waals surface area contributed by atoms with Crippen LogP contribution >= 0.6 is 0 Å². The smallest absolute Gasteiger partial charge is 0.174 e. The third-order valence-corrected chi connectivity index (χ3v) is 6.97. The zero-order valence-corrected chi connectivity index (χ0v) is 14.8. The number of benzene rings is 1. The van der Waals surface area contributed by atoms with Crippen LogP contribution in [0, 0.1) is 5.92 Å². The molecule has 0 aromatic heterocycles. The van der Waals surface area contributed by atoms with Crippen LogP contribution in [0.15, 0.2) is 12.1 Å². The first-order valence-corrected chi connectivity index (χ1v) is 9.39. The van der Waals surface area contributed by atoms with E-state index >= 15 is 0 Å². The van der Waals surface area contributed by atoms with E-state index in [4.69, 9.17) is 4.74 Å². The van der Waals surface area contributed by atoms with Crippen molar-refractivity contribution in [3.8, 4) is 11.5 Å². The van der Waals surface area contributed by atoms with Crippen LogP contribution in [0.5, 0.6) is 11.5 Å². The molecule has 0 radical (unpaired) electrons. The number of rotatable bonds is 2. The van der Waals surface area contributed by atoms with E-state index in [1.54, 1.807) is 6.07 Å². The molecule has 2 bridgehead atoms. The lowest BCUT2D eigenvalue weighted by molar-refractivity contribution is -0.189. The van der Waals surface area contributed by atoms with Gasteiger partial charge in [-0.05, 0) is 43.4 Å². The number of hydrogen-bond donors (Lipinski definition) is 2. The highest BCUT2D eigenvalue weighted by Gasteiger charge is 2.73. The second-order valence-electron chi connectivity index (χ2n) is 8.67. The van der Waals surface area contributed by atoms with E-state index in [-0.39, 0.29) is 17.6 Å². The van der Waals surface area contributed by atoms with Crippen LogP contribution < -0.4 is 4.74 Å². The summed E-state index contributed by atoms with van der Waals surface area (Å²) < 4.78 is 6.03. The molecular weight excluding hydrogens is 318 g/mol. The monoisotopic (exact) mass is 343 g/mol. The Labute approximate surface area is 147 Å². The number of piperidine rings is 1. The minimum absolute atomic E-state index is 0.00541. The van der Waals surface area contributed by atoms with E-state index in [1.165, 1.54) is 0 Å². The van der Waals surface area contributed by atoms with E-state index in [0.717, 1.165) is 30.6 Å². The van der Waals surface area contributed by atoms with Crippen molar-refractivity contribution in [1.82, 2.24) is 4.90 Å². The number of carbonyl (C=O) groups excluding carboxylic acids is 1. The minimum atomic E-state index is -0.967. The van der Waals surface area contributed by atoms with E-state index < -0.39 is 17.1 Å². The quantitative estimate of drug-likeness (QED) is 0.856. The Morgan fingerprint density at radius 1 is 1.36 bits per heavy atom. The number of likely N-dealkylation sites (tertiary alicyclic amines) is 1. The topological polar surface area (TPSA) is 70.0 Å². The fraction of sp³-hybridized carbons (Fsp3) is 0.650. The number of hydrogen-bond acceptors (Lipinski definition) is 5. The van der Waals surface area contributed by atoms with E-state index in [2.05, 4.69) is 18.7 Å². The van der Waals surface area contributed by atoms with Gasteiger partial charge < -0.3 is 14.9 Å². The number of aliphatic hydroxyl groups is 1. The van der Waals surface area contributed by atoms with Gasteiger partial charge in [0.15, 0.2) is 23.4 Å². The van der Waals surface area contributed by atoms with Crippen molar-refractivity contribution in [1.29, 1.82) is 0 Å². The molecule has 1 aromatic carbocycles. The number of phenols is 1. The normalized spacial score (nSPS) is 38.6. The summed E-state index contributed by atoms with van der Waals surface area (Å²) >= 11 is 0. The largest absolute Gasteiger partial charge is 0.504 e. The number of ketones is 1. The molecule has 2 fully saturated rings.